The van der Waals surface area contributed by atoms with Crippen molar-refractivity contribution in [2.24, 2.45) is 0 Å². The van der Waals surface area contributed by atoms with Crippen molar-refractivity contribution in [1.82, 2.24) is 4.90 Å². The number of carbonyl (C=O) groups excluding carboxylic acids is 2. The molecule has 1 amide bonds. The maximum absolute atomic E-state index is 12.5. The van der Waals surface area contributed by atoms with Gasteiger partial charge in [0.25, 0.3) is 5.91 Å². The minimum atomic E-state index is 0.0486. The van der Waals surface area contributed by atoms with E-state index in [1.165, 1.54) is 0 Å². The second-order valence-electron chi connectivity index (χ2n) is 5.45. The molecule has 3 rings (SSSR count). The highest BCUT2D eigenvalue weighted by atomic mass is 16.2. The van der Waals surface area contributed by atoms with E-state index in [9.17, 15) is 9.59 Å². The van der Waals surface area contributed by atoms with Crippen molar-refractivity contribution in [2.75, 3.05) is 13.6 Å². The SMILES string of the molecule is CC(=O)c1ccc(-c2cccc3c2C(=O)N(C)CC3)cc1. The van der Waals surface area contributed by atoms with E-state index in [2.05, 4.69) is 0 Å². The average molecular weight is 279 g/mol. The molecule has 0 radical (unpaired) electrons. The van der Waals surface area contributed by atoms with Crippen molar-refractivity contribution >= 4 is 11.7 Å². The lowest BCUT2D eigenvalue weighted by molar-refractivity contribution is 0.0781. The maximum atomic E-state index is 12.5. The fourth-order valence-corrected chi connectivity index (χ4v) is 2.77. The van der Waals surface area contributed by atoms with Gasteiger partial charge in [0, 0.05) is 19.2 Å². The van der Waals surface area contributed by atoms with Gasteiger partial charge in [-0.05, 0) is 30.0 Å². The Morgan fingerprint density at radius 2 is 1.81 bits per heavy atom. The number of nitrogens with zero attached hydrogens (tertiary/aromatic N) is 1. The molecule has 3 nitrogen and oxygen atoms in total. The predicted octanol–water partition coefficient (Wildman–Crippen LogP) is 3.18. The Balaban J connectivity index is 2.11. The van der Waals surface area contributed by atoms with Crippen molar-refractivity contribution < 1.29 is 9.59 Å². The fraction of sp³-hybridized carbons (Fsp3) is 0.222. The second kappa shape index (κ2) is 5.17. The van der Waals surface area contributed by atoms with Crippen molar-refractivity contribution in [3.63, 3.8) is 0 Å². The molecule has 21 heavy (non-hydrogen) atoms. The molecular weight excluding hydrogens is 262 g/mol. The van der Waals surface area contributed by atoms with Crippen LogP contribution in [0.5, 0.6) is 0 Å². The van der Waals surface area contributed by atoms with Crippen LogP contribution in [0.15, 0.2) is 42.5 Å². The van der Waals surface area contributed by atoms with E-state index in [1.54, 1.807) is 11.8 Å². The Kier molecular flexibility index (Phi) is 3.34. The first-order valence-corrected chi connectivity index (χ1v) is 7.06. The monoisotopic (exact) mass is 279 g/mol. The molecule has 0 aromatic heterocycles. The first-order valence-electron chi connectivity index (χ1n) is 7.06. The molecule has 0 saturated carbocycles. The van der Waals surface area contributed by atoms with Crippen LogP contribution in [0.25, 0.3) is 11.1 Å². The summed E-state index contributed by atoms with van der Waals surface area (Å²) in [6.45, 7) is 2.32. The van der Waals surface area contributed by atoms with Gasteiger partial charge in [-0.1, -0.05) is 42.5 Å². The fourth-order valence-electron chi connectivity index (χ4n) is 2.77. The zero-order valence-electron chi connectivity index (χ0n) is 12.2. The number of amides is 1. The Morgan fingerprint density at radius 1 is 1.10 bits per heavy atom. The molecule has 1 aliphatic rings. The summed E-state index contributed by atoms with van der Waals surface area (Å²) in [6, 6.07) is 13.4. The van der Waals surface area contributed by atoms with Crippen LogP contribution in [0.1, 0.15) is 33.2 Å². The van der Waals surface area contributed by atoms with Gasteiger partial charge in [-0.25, -0.2) is 0 Å². The van der Waals surface area contributed by atoms with E-state index in [4.69, 9.17) is 0 Å². The molecule has 0 bridgehead atoms. The predicted molar refractivity (Wildman–Crippen MR) is 82.5 cm³/mol. The lowest BCUT2D eigenvalue weighted by Gasteiger charge is -2.26. The largest absolute Gasteiger partial charge is 0.341 e. The molecule has 0 spiro atoms. The van der Waals surface area contributed by atoms with Crippen LogP contribution in [-0.2, 0) is 6.42 Å². The van der Waals surface area contributed by atoms with Crippen molar-refractivity contribution in [3.05, 3.63) is 59.2 Å². The third kappa shape index (κ3) is 2.35. The molecule has 0 unspecified atom stereocenters. The molecular formula is C18H17NO2. The number of likely N-dealkylation sites (N-methyl/N-ethyl adjacent to an activating group) is 1. The summed E-state index contributed by atoms with van der Waals surface area (Å²) < 4.78 is 0. The maximum Gasteiger partial charge on any atom is 0.254 e. The number of rotatable bonds is 2. The molecule has 0 atom stereocenters. The first kappa shape index (κ1) is 13.6. The van der Waals surface area contributed by atoms with Gasteiger partial charge in [0.05, 0.1) is 5.56 Å². The number of fused-ring (bicyclic) bond motifs is 1. The lowest BCUT2D eigenvalue weighted by atomic mass is 9.90. The summed E-state index contributed by atoms with van der Waals surface area (Å²) in [4.78, 5) is 25.6. The number of carbonyl (C=O) groups is 2. The summed E-state index contributed by atoms with van der Waals surface area (Å²) >= 11 is 0. The van der Waals surface area contributed by atoms with E-state index in [-0.39, 0.29) is 11.7 Å². The number of Topliss-reactive ketones (excluding diaryl/α,β-unsaturated/α-hetero) is 1. The number of hydrogen-bond donors (Lipinski definition) is 0. The van der Waals surface area contributed by atoms with Gasteiger partial charge in [0.15, 0.2) is 5.78 Å². The summed E-state index contributed by atoms with van der Waals surface area (Å²) in [5, 5.41) is 0. The van der Waals surface area contributed by atoms with Crippen LogP contribution >= 0.6 is 0 Å². The van der Waals surface area contributed by atoms with Gasteiger partial charge in [-0.2, -0.15) is 0 Å². The van der Waals surface area contributed by atoms with Crippen LogP contribution < -0.4 is 0 Å². The highest BCUT2D eigenvalue weighted by molar-refractivity contribution is 6.03. The molecule has 1 heterocycles. The van der Waals surface area contributed by atoms with Crippen LogP contribution in [0.3, 0.4) is 0 Å². The van der Waals surface area contributed by atoms with Crippen molar-refractivity contribution in [3.8, 4) is 11.1 Å². The van der Waals surface area contributed by atoms with E-state index in [1.807, 2.05) is 49.5 Å². The molecule has 0 N–H and O–H groups in total. The van der Waals surface area contributed by atoms with Gasteiger partial charge in [-0.15, -0.1) is 0 Å². The van der Waals surface area contributed by atoms with E-state index in [0.717, 1.165) is 35.2 Å². The highest BCUT2D eigenvalue weighted by Crippen LogP contribution is 2.30. The normalized spacial score (nSPS) is 14.0. The minimum absolute atomic E-state index is 0.0486. The molecule has 0 saturated heterocycles. The average Bonchev–Trinajstić information content (AvgIpc) is 2.50. The zero-order chi connectivity index (χ0) is 15.0. The molecule has 2 aromatic rings. The van der Waals surface area contributed by atoms with Gasteiger partial charge in [0.2, 0.25) is 0 Å². The van der Waals surface area contributed by atoms with E-state index in [0.29, 0.717) is 5.56 Å². The number of hydrogen-bond acceptors (Lipinski definition) is 2. The topological polar surface area (TPSA) is 37.4 Å². The van der Waals surface area contributed by atoms with Crippen LogP contribution in [0, 0.1) is 0 Å². The summed E-state index contributed by atoms with van der Waals surface area (Å²) in [7, 11) is 1.83. The Bertz CT molecular complexity index is 716. The number of ketones is 1. The van der Waals surface area contributed by atoms with Crippen molar-refractivity contribution in [2.45, 2.75) is 13.3 Å². The number of benzene rings is 2. The minimum Gasteiger partial charge on any atom is -0.341 e. The standard InChI is InChI=1S/C18H17NO2/c1-12(20)13-6-8-14(9-7-13)16-5-3-4-15-10-11-19(2)18(21)17(15)16/h3-9H,10-11H2,1-2H3. The van der Waals surface area contributed by atoms with Gasteiger partial charge in [0.1, 0.15) is 0 Å². The molecule has 106 valence electrons. The molecule has 3 heteroatoms. The van der Waals surface area contributed by atoms with Crippen LogP contribution in [-0.4, -0.2) is 30.2 Å². The zero-order valence-corrected chi connectivity index (χ0v) is 12.2. The van der Waals surface area contributed by atoms with E-state index < -0.39 is 0 Å². The van der Waals surface area contributed by atoms with Crippen LogP contribution in [0.4, 0.5) is 0 Å². The Labute approximate surface area is 124 Å². The van der Waals surface area contributed by atoms with Gasteiger partial charge >= 0.3 is 0 Å². The molecule has 1 aliphatic heterocycles. The van der Waals surface area contributed by atoms with Gasteiger partial charge < -0.3 is 4.90 Å². The molecule has 0 aliphatic carbocycles. The third-order valence-corrected chi connectivity index (χ3v) is 4.03. The quantitative estimate of drug-likeness (QED) is 0.792. The summed E-state index contributed by atoms with van der Waals surface area (Å²) in [5.41, 5.74) is 4.50. The Morgan fingerprint density at radius 3 is 2.48 bits per heavy atom. The first-order chi connectivity index (χ1) is 10.1. The van der Waals surface area contributed by atoms with Crippen molar-refractivity contribution in [1.29, 1.82) is 0 Å². The summed E-state index contributed by atoms with van der Waals surface area (Å²) in [5.74, 6) is 0.120. The lowest BCUT2D eigenvalue weighted by Crippen LogP contribution is -2.34. The Hall–Kier alpha value is -2.42. The molecule has 2 aromatic carbocycles. The third-order valence-electron chi connectivity index (χ3n) is 4.03. The summed E-state index contributed by atoms with van der Waals surface area (Å²) in [6.07, 6.45) is 0.886. The van der Waals surface area contributed by atoms with Gasteiger partial charge in [-0.3, -0.25) is 9.59 Å². The van der Waals surface area contributed by atoms with Crippen LogP contribution in [0.2, 0.25) is 0 Å². The molecule has 0 fully saturated rings. The second-order valence-corrected chi connectivity index (χ2v) is 5.45. The van der Waals surface area contributed by atoms with E-state index >= 15 is 0 Å². The smallest absolute Gasteiger partial charge is 0.254 e. The highest BCUT2D eigenvalue weighted by Gasteiger charge is 2.24.